The number of likely N-dealkylation sites (tertiary alicyclic amines) is 1. The Hall–Kier alpha value is -10.8. The average Bonchev–Trinajstić information content (AvgIpc) is 1.75. The monoisotopic (exact) mass is 1620 g/mol. The van der Waals surface area contributed by atoms with Gasteiger partial charge >= 0.3 is 0 Å². The molecule has 1 aliphatic heterocycles. The molecule has 1 saturated heterocycles. The maximum Gasteiger partial charge on any atom is 0.245 e. The average molecular weight is 1620 g/mol. The van der Waals surface area contributed by atoms with Gasteiger partial charge < -0.3 is 120 Å². The van der Waals surface area contributed by atoms with E-state index in [-0.39, 0.29) is 158 Å². The van der Waals surface area contributed by atoms with Crippen LogP contribution in [0.3, 0.4) is 0 Å². The first-order chi connectivity index (χ1) is 54.6. The number of nitrogens with two attached hydrogens (primary N) is 8. The molecular weight excluding hydrogens is 1490 g/mol. The van der Waals surface area contributed by atoms with Gasteiger partial charge in [-0.15, -0.1) is 0 Å². The van der Waals surface area contributed by atoms with E-state index in [2.05, 4.69) is 73.8 Å². The van der Waals surface area contributed by atoms with Gasteiger partial charge in [-0.1, -0.05) is 90.4 Å². The number of phenols is 1. The summed E-state index contributed by atoms with van der Waals surface area (Å²) in [4.78, 5) is 205. The molecule has 0 bridgehead atoms. The van der Waals surface area contributed by atoms with Crippen LogP contribution >= 0.6 is 0 Å². The van der Waals surface area contributed by atoms with Gasteiger partial charge in [0.2, 0.25) is 82.7 Å². The first-order valence-corrected chi connectivity index (χ1v) is 39.8. The highest BCUT2D eigenvalue weighted by Gasteiger charge is 2.42. The Morgan fingerprint density at radius 1 is 0.478 bits per heavy atom. The molecule has 29 N–H and O–H groups in total. The van der Waals surface area contributed by atoms with Crippen molar-refractivity contribution in [1.29, 1.82) is 0 Å². The number of guanidine groups is 2. The number of unbranched alkanes of at least 4 members (excludes halogenated alkanes) is 3. The summed E-state index contributed by atoms with van der Waals surface area (Å²) in [6, 6.07) is 0.689. The van der Waals surface area contributed by atoms with Crippen LogP contribution in [0.1, 0.15) is 175 Å². The molecule has 1 fully saturated rings. The van der Waals surface area contributed by atoms with Crippen molar-refractivity contribution in [1.82, 2.24) is 68.7 Å². The summed E-state index contributed by atoms with van der Waals surface area (Å²) in [6.07, 6.45) is 3.65. The lowest BCUT2D eigenvalue weighted by Crippen LogP contribution is -2.61. The smallest absolute Gasteiger partial charge is 0.245 e. The van der Waals surface area contributed by atoms with Crippen molar-refractivity contribution in [2.75, 3.05) is 52.4 Å². The number of carbonyl (C=O) groups is 14. The minimum atomic E-state index is -1.46. The number of aromatic hydroxyl groups is 1. The van der Waals surface area contributed by atoms with Crippen LogP contribution in [0.2, 0.25) is 0 Å². The van der Waals surface area contributed by atoms with E-state index in [1.54, 1.807) is 70.2 Å². The Labute approximate surface area is 673 Å². The third-order valence-corrected chi connectivity index (χ3v) is 19.1. The van der Waals surface area contributed by atoms with Gasteiger partial charge in [-0.2, -0.15) is 0 Å². The second-order valence-corrected chi connectivity index (χ2v) is 29.9. The second kappa shape index (κ2) is 53.3. The fraction of sp³-hybridized carbons (Fsp3) is 0.636. The summed E-state index contributed by atoms with van der Waals surface area (Å²) in [7, 11) is 0. The van der Waals surface area contributed by atoms with Crippen molar-refractivity contribution < 1.29 is 72.2 Å². The molecule has 12 atom stereocenters. The molecule has 1 aliphatic rings. The quantitative estimate of drug-likeness (QED) is 0.0173. The highest BCUT2D eigenvalue weighted by Crippen LogP contribution is 2.23. The molecule has 38 heteroatoms. The Morgan fingerprint density at radius 3 is 1.44 bits per heavy atom. The number of carbonyl (C=O) groups excluding carboxylic acids is 14. The van der Waals surface area contributed by atoms with Crippen LogP contribution in [-0.4, -0.2) is 223 Å². The molecule has 1 unspecified atom stereocenters. The van der Waals surface area contributed by atoms with Crippen molar-refractivity contribution in [2.24, 2.45) is 73.6 Å². The van der Waals surface area contributed by atoms with Gasteiger partial charge in [0.25, 0.3) is 0 Å². The molecular formula is C77H129N23O15. The standard InChI is InChI=1S/C77H129N23O15/c1-8-47(6)64(74(114)96-57(27-19-37-88-77(84)85)75(115)100-38-20-28-61(100)73(113)95-54(24-13-16-34-79)68(108)97-58(39-45(2)3)70(110)92-53(65(81)105)23-12-15-33-78)99-69(109)55(25-14-17-35-86-48(7)101)93-67(107)56(26-18-36-87-76(82)83)94-71(111)59(40-46(4)5)98-72(112)60(42-49-21-10-9-11-22-49)91-63(104)44-89-62(103)43-90-66(106)52(80)41-50-29-31-51(102)32-30-50/h9-11,21-22,29-32,45-47,52-61,64,102H,8,12-20,23-28,33-44,78-80H2,1-7H3,(H2,81,105)(H,86,101)(H,89,103)(H,90,106)(H,91,104)(H,92,110)(H,93,107)(H,94,111)(H,95,113)(H,96,114)(H,97,108)(H,98,112)(H,99,109)(H4,82,83,87)(H4,84,85,88)/t47?,52-,53-,54-,55-,56-,57-,58-,59-,60-,61-,64-/m0/s1. The van der Waals surface area contributed by atoms with Gasteiger partial charge in [-0.25, -0.2) is 0 Å². The topological polar surface area (TPSA) is 640 Å². The third-order valence-electron chi connectivity index (χ3n) is 19.1. The third kappa shape index (κ3) is 38.8. The van der Waals surface area contributed by atoms with E-state index in [4.69, 9.17) is 45.9 Å². The van der Waals surface area contributed by atoms with Crippen molar-refractivity contribution in [3.8, 4) is 5.75 Å². The first kappa shape index (κ1) is 98.4. The van der Waals surface area contributed by atoms with Crippen molar-refractivity contribution in [3.63, 3.8) is 0 Å². The molecule has 2 aromatic rings. The lowest BCUT2D eigenvalue weighted by molar-refractivity contribution is -0.143. The molecule has 0 aliphatic carbocycles. The number of hydrogen-bond donors (Lipinski definition) is 21. The van der Waals surface area contributed by atoms with Gasteiger partial charge in [-0.3, -0.25) is 77.1 Å². The fourth-order valence-electron chi connectivity index (χ4n) is 12.7. The number of benzene rings is 2. The normalized spacial score (nSPS) is 15.3. The van der Waals surface area contributed by atoms with E-state index in [9.17, 15) is 57.8 Å². The lowest BCUT2D eigenvalue weighted by Gasteiger charge is -2.32. The minimum Gasteiger partial charge on any atom is -0.508 e. The molecule has 1 heterocycles. The highest BCUT2D eigenvalue weighted by molar-refractivity contribution is 6.00. The maximum absolute atomic E-state index is 15.1. The SMILES string of the molecule is CCC(C)[C@H](NC(=O)[C@H](CCCCNC(C)=O)NC(=O)[C@H](CCCN=C(N)N)NC(=O)[C@H](CC(C)C)NC(=O)[C@H](Cc1ccccc1)NC(=O)CNC(=O)CNC(=O)[C@@H](N)Cc1ccc(O)cc1)C(=O)N[C@@H](CCCN=C(N)N)C(=O)N1CCC[C@H]1C(=O)N[C@@H](CCCCN)C(=O)N[C@@H](CC(C)C)C(=O)N[C@@H](CCCCN)C(N)=O. The highest BCUT2D eigenvalue weighted by atomic mass is 16.3. The second-order valence-electron chi connectivity index (χ2n) is 29.9. The van der Waals surface area contributed by atoms with E-state index in [1.807, 2.05) is 13.8 Å². The van der Waals surface area contributed by atoms with Crippen LogP contribution in [0.4, 0.5) is 0 Å². The van der Waals surface area contributed by atoms with E-state index in [0.717, 1.165) is 0 Å². The molecule has 642 valence electrons. The minimum absolute atomic E-state index is 0.00124. The zero-order chi connectivity index (χ0) is 85.7. The predicted octanol–water partition coefficient (Wildman–Crippen LogP) is -3.61. The number of aliphatic imine (C=N–C) groups is 2. The number of phenolic OH excluding ortho intramolecular Hbond substituents is 1. The summed E-state index contributed by atoms with van der Waals surface area (Å²) < 4.78 is 0. The number of nitrogens with zero attached hydrogens (tertiary/aromatic N) is 3. The van der Waals surface area contributed by atoms with Gasteiger partial charge in [0.05, 0.1) is 19.1 Å². The number of nitrogens with one attached hydrogen (secondary N) is 12. The number of primary amides is 1. The zero-order valence-corrected chi connectivity index (χ0v) is 67.7. The van der Waals surface area contributed by atoms with E-state index in [0.29, 0.717) is 56.2 Å². The summed E-state index contributed by atoms with van der Waals surface area (Å²) in [5.41, 5.74) is 47.1. The molecule has 0 aromatic heterocycles. The summed E-state index contributed by atoms with van der Waals surface area (Å²) in [5.74, 6) is -11.8. The lowest BCUT2D eigenvalue weighted by atomic mass is 9.96. The molecule has 14 amide bonds. The molecule has 38 nitrogen and oxygen atoms in total. The van der Waals surface area contributed by atoms with Crippen LogP contribution < -0.4 is 110 Å². The first-order valence-electron chi connectivity index (χ1n) is 39.8. The van der Waals surface area contributed by atoms with Crippen molar-refractivity contribution in [2.45, 2.75) is 243 Å². The van der Waals surface area contributed by atoms with Gasteiger partial charge in [0.1, 0.15) is 66.2 Å². The van der Waals surface area contributed by atoms with Gasteiger partial charge in [-0.05, 0) is 170 Å². The summed E-state index contributed by atoms with van der Waals surface area (Å²) in [5, 5.41) is 41.9. The largest absolute Gasteiger partial charge is 0.508 e. The Kier molecular flexibility index (Phi) is 45.7. The van der Waals surface area contributed by atoms with Crippen LogP contribution in [0.25, 0.3) is 0 Å². The summed E-state index contributed by atoms with van der Waals surface area (Å²) in [6.45, 7) is 11.7. The van der Waals surface area contributed by atoms with Crippen LogP contribution in [-0.2, 0) is 80.0 Å². The van der Waals surface area contributed by atoms with Crippen LogP contribution in [0.15, 0.2) is 64.6 Å². The number of rotatable bonds is 55. The Morgan fingerprint density at radius 2 is 0.930 bits per heavy atom. The zero-order valence-electron chi connectivity index (χ0n) is 67.7. The van der Waals surface area contributed by atoms with Crippen molar-refractivity contribution in [3.05, 3.63) is 65.7 Å². The maximum atomic E-state index is 15.1. The molecule has 2 aromatic carbocycles. The molecule has 115 heavy (non-hydrogen) atoms. The Balaban J connectivity index is 1.98. The van der Waals surface area contributed by atoms with Crippen LogP contribution in [0, 0.1) is 17.8 Å². The number of amides is 14. The number of hydrogen-bond acceptors (Lipinski definition) is 20. The molecule has 0 radical (unpaired) electrons. The predicted molar refractivity (Wildman–Crippen MR) is 434 cm³/mol. The van der Waals surface area contributed by atoms with Crippen LogP contribution in [0.5, 0.6) is 5.75 Å². The van der Waals surface area contributed by atoms with Gasteiger partial charge in [0, 0.05) is 39.5 Å². The van der Waals surface area contributed by atoms with E-state index >= 15 is 14.4 Å². The van der Waals surface area contributed by atoms with E-state index in [1.165, 1.54) is 24.0 Å². The Bertz CT molecular complexity index is 3530. The molecule has 0 saturated carbocycles. The van der Waals surface area contributed by atoms with E-state index < -0.39 is 162 Å². The van der Waals surface area contributed by atoms with Crippen molar-refractivity contribution >= 4 is 94.6 Å². The molecule has 3 rings (SSSR count). The van der Waals surface area contributed by atoms with Gasteiger partial charge in [0.15, 0.2) is 11.9 Å². The molecule has 0 spiro atoms. The summed E-state index contributed by atoms with van der Waals surface area (Å²) >= 11 is 0. The fourth-order valence-corrected chi connectivity index (χ4v) is 12.7.